The number of epoxide rings is 1. The number of benzene rings is 1. The second-order valence-electron chi connectivity index (χ2n) is 7.87. The monoisotopic (exact) mass is 374 g/mol. The first-order chi connectivity index (χ1) is 12.8. The number of ether oxygens (including phenoxy) is 1. The molecule has 0 aliphatic carbocycles. The van der Waals surface area contributed by atoms with Crippen molar-refractivity contribution >= 4 is 17.6 Å². The number of Topliss-reactive ketones (excluding diaryl/α,β-unsaturated/α-hetero) is 1. The van der Waals surface area contributed by atoms with Gasteiger partial charge in [-0.25, -0.2) is 0 Å². The first kappa shape index (κ1) is 21.1. The number of rotatable bonds is 10. The number of hydrogen-bond acceptors (Lipinski definition) is 4. The van der Waals surface area contributed by atoms with Crippen LogP contribution in [0.15, 0.2) is 30.3 Å². The summed E-state index contributed by atoms with van der Waals surface area (Å²) in [6, 6.07) is 8.13. The summed E-state index contributed by atoms with van der Waals surface area (Å²) in [5.41, 5.74) is 0.517. The molecule has 6 nitrogen and oxygen atoms in total. The van der Waals surface area contributed by atoms with Crippen molar-refractivity contribution in [3.05, 3.63) is 35.9 Å². The minimum absolute atomic E-state index is 0.190. The molecule has 1 fully saturated rings. The standard InChI is InChI=1S/C21H30N2O4/c1-13(2)10-11-22-20(25)16(12-14(3)4)23-21(26)19-18(27-19)17(24)15-8-6-5-7-9-15/h5-9,13-14,16,18-19H,10-12H2,1-4H3,(H,22,25)(H,23,26)/t16-,18+,19-/m0/s1. The Morgan fingerprint density at radius 1 is 1.00 bits per heavy atom. The highest BCUT2D eigenvalue weighted by Gasteiger charge is 2.50. The topological polar surface area (TPSA) is 87.8 Å². The number of ketones is 1. The zero-order valence-corrected chi connectivity index (χ0v) is 16.5. The number of amides is 2. The van der Waals surface area contributed by atoms with Gasteiger partial charge in [-0.3, -0.25) is 14.4 Å². The lowest BCUT2D eigenvalue weighted by Crippen LogP contribution is -2.49. The first-order valence-electron chi connectivity index (χ1n) is 9.62. The fourth-order valence-electron chi connectivity index (χ4n) is 2.84. The molecule has 2 N–H and O–H groups in total. The van der Waals surface area contributed by atoms with Gasteiger partial charge in [0.2, 0.25) is 5.91 Å². The fourth-order valence-corrected chi connectivity index (χ4v) is 2.84. The SMILES string of the molecule is CC(C)CCNC(=O)[C@H](CC(C)C)NC(=O)[C@H]1O[C@@H]1C(=O)c1ccccc1. The van der Waals surface area contributed by atoms with Crippen molar-refractivity contribution < 1.29 is 19.1 Å². The van der Waals surface area contributed by atoms with Crippen LogP contribution in [0.4, 0.5) is 0 Å². The molecule has 3 atom stereocenters. The third kappa shape index (κ3) is 6.47. The molecular formula is C21H30N2O4. The van der Waals surface area contributed by atoms with Crippen molar-refractivity contribution in [2.45, 2.75) is 58.8 Å². The van der Waals surface area contributed by atoms with Crippen molar-refractivity contribution in [1.29, 1.82) is 0 Å². The molecule has 1 aliphatic heterocycles. The lowest BCUT2D eigenvalue weighted by molar-refractivity contribution is -0.130. The van der Waals surface area contributed by atoms with Crippen LogP contribution < -0.4 is 10.6 Å². The van der Waals surface area contributed by atoms with E-state index in [1.165, 1.54) is 0 Å². The Bertz CT molecular complexity index is 657. The Morgan fingerprint density at radius 3 is 2.26 bits per heavy atom. The molecule has 0 unspecified atom stereocenters. The van der Waals surface area contributed by atoms with E-state index in [-0.39, 0.29) is 17.6 Å². The van der Waals surface area contributed by atoms with Gasteiger partial charge in [-0.05, 0) is 24.7 Å². The molecule has 2 rings (SSSR count). The van der Waals surface area contributed by atoms with Crippen LogP contribution in [-0.4, -0.2) is 42.4 Å². The Kier molecular flexibility index (Phi) is 7.54. The molecule has 6 heteroatoms. The van der Waals surface area contributed by atoms with Crippen LogP contribution in [-0.2, 0) is 14.3 Å². The van der Waals surface area contributed by atoms with Gasteiger partial charge in [0.25, 0.3) is 5.91 Å². The number of carbonyl (C=O) groups excluding carboxylic acids is 3. The van der Waals surface area contributed by atoms with E-state index in [1.54, 1.807) is 24.3 Å². The summed E-state index contributed by atoms with van der Waals surface area (Å²) in [4.78, 5) is 37.2. The molecule has 148 valence electrons. The van der Waals surface area contributed by atoms with Gasteiger partial charge in [0.15, 0.2) is 18.0 Å². The van der Waals surface area contributed by atoms with Gasteiger partial charge >= 0.3 is 0 Å². The average molecular weight is 374 g/mol. The van der Waals surface area contributed by atoms with Crippen LogP contribution >= 0.6 is 0 Å². The molecular weight excluding hydrogens is 344 g/mol. The van der Waals surface area contributed by atoms with E-state index in [1.807, 2.05) is 19.9 Å². The molecule has 27 heavy (non-hydrogen) atoms. The van der Waals surface area contributed by atoms with Crippen LogP contribution in [0.3, 0.4) is 0 Å². The van der Waals surface area contributed by atoms with Gasteiger partial charge in [0.1, 0.15) is 6.04 Å². The third-order valence-corrected chi connectivity index (χ3v) is 4.43. The number of carbonyl (C=O) groups is 3. The molecule has 1 aromatic carbocycles. The fraction of sp³-hybridized carbons (Fsp3) is 0.571. The second-order valence-corrected chi connectivity index (χ2v) is 7.87. The summed E-state index contributed by atoms with van der Waals surface area (Å²) < 4.78 is 5.30. The number of nitrogens with one attached hydrogen (secondary N) is 2. The minimum atomic E-state index is -0.823. The van der Waals surface area contributed by atoms with E-state index in [0.29, 0.717) is 24.4 Å². The maximum absolute atomic E-state index is 12.5. The molecule has 1 aliphatic rings. The maximum Gasteiger partial charge on any atom is 0.253 e. The van der Waals surface area contributed by atoms with Gasteiger partial charge in [-0.1, -0.05) is 58.0 Å². The Hall–Kier alpha value is -2.21. The van der Waals surface area contributed by atoms with Crippen LogP contribution in [0.25, 0.3) is 0 Å². The lowest BCUT2D eigenvalue weighted by Gasteiger charge is -2.20. The van der Waals surface area contributed by atoms with E-state index >= 15 is 0 Å². The van der Waals surface area contributed by atoms with Crippen LogP contribution in [0.1, 0.15) is 50.9 Å². The molecule has 0 radical (unpaired) electrons. The smallest absolute Gasteiger partial charge is 0.253 e. The van der Waals surface area contributed by atoms with Crippen molar-refractivity contribution in [2.75, 3.05) is 6.54 Å². The highest BCUT2D eigenvalue weighted by Crippen LogP contribution is 2.26. The minimum Gasteiger partial charge on any atom is -0.354 e. The van der Waals surface area contributed by atoms with Crippen molar-refractivity contribution in [1.82, 2.24) is 10.6 Å². The van der Waals surface area contributed by atoms with E-state index in [9.17, 15) is 14.4 Å². The van der Waals surface area contributed by atoms with Gasteiger partial charge < -0.3 is 15.4 Å². The Labute approximate surface area is 161 Å². The van der Waals surface area contributed by atoms with Gasteiger partial charge in [0, 0.05) is 12.1 Å². The van der Waals surface area contributed by atoms with E-state index in [0.717, 1.165) is 6.42 Å². The highest BCUT2D eigenvalue weighted by atomic mass is 16.6. The Balaban J connectivity index is 1.90. The molecule has 0 aromatic heterocycles. The van der Waals surface area contributed by atoms with Crippen molar-refractivity contribution in [3.63, 3.8) is 0 Å². The molecule has 1 aromatic rings. The van der Waals surface area contributed by atoms with Gasteiger partial charge in [0.05, 0.1) is 0 Å². The van der Waals surface area contributed by atoms with E-state index in [2.05, 4.69) is 24.5 Å². The second kappa shape index (κ2) is 9.65. The molecule has 1 saturated heterocycles. The molecule has 2 amide bonds. The van der Waals surface area contributed by atoms with Gasteiger partial charge in [-0.15, -0.1) is 0 Å². The van der Waals surface area contributed by atoms with Crippen LogP contribution in [0, 0.1) is 11.8 Å². The number of hydrogen-bond donors (Lipinski definition) is 2. The van der Waals surface area contributed by atoms with Gasteiger partial charge in [-0.2, -0.15) is 0 Å². The van der Waals surface area contributed by atoms with E-state index in [4.69, 9.17) is 4.74 Å². The summed E-state index contributed by atoms with van der Waals surface area (Å²) in [7, 11) is 0. The zero-order valence-electron chi connectivity index (χ0n) is 16.5. The molecule has 0 saturated carbocycles. The average Bonchev–Trinajstić information content (AvgIpc) is 3.41. The molecule has 0 spiro atoms. The molecule has 0 bridgehead atoms. The summed E-state index contributed by atoms with van der Waals surface area (Å²) in [5, 5.41) is 5.64. The zero-order chi connectivity index (χ0) is 20.0. The maximum atomic E-state index is 12.5. The summed E-state index contributed by atoms with van der Waals surface area (Å²) in [5.74, 6) is -0.0724. The normalized spacial score (nSPS) is 19.6. The lowest BCUT2D eigenvalue weighted by atomic mass is 10.0. The van der Waals surface area contributed by atoms with Crippen molar-refractivity contribution in [3.8, 4) is 0 Å². The predicted octanol–water partition coefficient (Wildman–Crippen LogP) is 2.33. The first-order valence-corrected chi connectivity index (χ1v) is 9.62. The van der Waals surface area contributed by atoms with Crippen LogP contribution in [0.5, 0.6) is 0 Å². The quantitative estimate of drug-likeness (QED) is 0.486. The van der Waals surface area contributed by atoms with Crippen molar-refractivity contribution in [2.24, 2.45) is 11.8 Å². The molecule has 1 heterocycles. The summed E-state index contributed by atoms with van der Waals surface area (Å²) >= 11 is 0. The van der Waals surface area contributed by atoms with Crippen LogP contribution in [0.2, 0.25) is 0 Å². The Morgan fingerprint density at radius 2 is 1.67 bits per heavy atom. The summed E-state index contributed by atoms with van der Waals surface area (Å²) in [6.45, 7) is 8.75. The highest BCUT2D eigenvalue weighted by molar-refractivity contribution is 6.06. The third-order valence-electron chi connectivity index (χ3n) is 4.43. The largest absolute Gasteiger partial charge is 0.354 e. The summed E-state index contributed by atoms with van der Waals surface area (Å²) in [6.07, 6.45) is -0.177. The van der Waals surface area contributed by atoms with E-state index < -0.39 is 24.2 Å². The predicted molar refractivity (Wildman–Crippen MR) is 103 cm³/mol.